The van der Waals surface area contributed by atoms with Crippen molar-refractivity contribution >= 4 is 55.4 Å². The predicted octanol–water partition coefficient (Wildman–Crippen LogP) is 5.92. The summed E-state index contributed by atoms with van der Waals surface area (Å²) in [6.07, 6.45) is 1.28. The molecule has 0 spiro atoms. The Hall–Kier alpha value is -3.16. The van der Waals surface area contributed by atoms with Crippen molar-refractivity contribution in [3.05, 3.63) is 76.3 Å². The summed E-state index contributed by atoms with van der Waals surface area (Å²) in [5.41, 5.74) is 3.89. The van der Waals surface area contributed by atoms with Gasteiger partial charge in [-0.1, -0.05) is 34.1 Å². The van der Waals surface area contributed by atoms with Crippen molar-refractivity contribution in [2.45, 2.75) is 31.9 Å². The highest BCUT2D eigenvalue weighted by Crippen LogP contribution is 2.35. The molecule has 178 valence electrons. The summed E-state index contributed by atoms with van der Waals surface area (Å²) in [4.78, 5) is 28.8. The van der Waals surface area contributed by atoms with Gasteiger partial charge in [-0.05, 0) is 67.8 Å². The lowest BCUT2D eigenvalue weighted by Gasteiger charge is -2.40. The van der Waals surface area contributed by atoms with E-state index >= 15 is 0 Å². The fraction of sp³-hybridized carbons (Fsp3) is 0.286. The Bertz CT molecular complexity index is 1460. The molecule has 0 saturated carbocycles. The maximum absolute atomic E-state index is 13.6. The Morgan fingerprint density at radius 3 is 2.71 bits per heavy atom. The van der Waals surface area contributed by atoms with E-state index in [1.807, 2.05) is 72.5 Å². The fourth-order valence-corrected chi connectivity index (χ4v) is 5.92. The first-order valence-corrected chi connectivity index (χ1v) is 12.7. The zero-order valence-corrected chi connectivity index (χ0v) is 20.9. The van der Waals surface area contributed by atoms with Gasteiger partial charge in [-0.25, -0.2) is 0 Å². The predicted molar refractivity (Wildman–Crippen MR) is 139 cm³/mol. The number of anilines is 1. The van der Waals surface area contributed by atoms with Crippen LogP contribution in [0.25, 0.3) is 21.9 Å². The second-order valence-corrected chi connectivity index (χ2v) is 10.3. The first-order valence-electron chi connectivity index (χ1n) is 11.9. The maximum Gasteiger partial charge on any atom is 0.254 e. The average Bonchev–Trinajstić information content (AvgIpc) is 3.47. The second kappa shape index (κ2) is 8.81. The first-order chi connectivity index (χ1) is 17.0. The van der Waals surface area contributed by atoms with Crippen LogP contribution < -0.4 is 5.32 Å². The van der Waals surface area contributed by atoms with Crippen molar-refractivity contribution < 1.29 is 18.7 Å². The standard InChI is InChI=1S/C28H25BrN2O4/c1-16-12-18(29)6-8-20(16)28(33)31-15-17(13-26-23(31)10-11-34-26)27(32)30-19-7-9-25-22(14-19)21-4-2-3-5-24(21)35-25/h2-9,12,14,17,23,26H,10-11,13,15H2,1H3,(H,30,32)/t17-,23+,26+/m0/s1. The van der Waals surface area contributed by atoms with Gasteiger partial charge in [0.1, 0.15) is 11.2 Å². The summed E-state index contributed by atoms with van der Waals surface area (Å²) in [6, 6.07) is 19.2. The molecule has 2 saturated heterocycles. The summed E-state index contributed by atoms with van der Waals surface area (Å²) in [5, 5.41) is 5.05. The number of rotatable bonds is 3. The van der Waals surface area contributed by atoms with Crippen LogP contribution in [0.15, 0.2) is 69.6 Å². The van der Waals surface area contributed by atoms with E-state index in [0.29, 0.717) is 30.8 Å². The van der Waals surface area contributed by atoms with Crippen molar-refractivity contribution in [1.82, 2.24) is 4.90 Å². The van der Waals surface area contributed by atoms with Crippen molar-refractivity contribution in [3.8, 4) is 0 Å². The van der Waals surface area contributed by atoms with Gasteiger partial charge in [-0.3, -0.25) is 9.59 Å². The lowest BCUT2D eigenvalue weighted by Crippen LogP contribution is -2.54. The van der Waals surface area contributed by atoms with Crippen LogP contribution in [0.4, 0.5) is 5.69 Å². The van der Waals surface area contributed by atoms with E-state index in [1.54, 1.807) is 0 Å². The third kappa shape index (κ3) is 4.02. The number of nitrogens with zero attached hydrogens (tertiary/aromatic N) is 1. The molecule has 2 amide bonds. The third-order valence-electron chi connectivity index (χ3n) is 7.20. The van der Waals surface area contributed by atoms with Crippen LogP contribution in [0.2, 0.25) is 0 Å². The molecule has 2 aliphatic heterocycles. The number of aryl methyl sites for hydroxylation is 1. The Balaban J connectivity index is 1.25. The number of carbonyl (C=O) groups is 2. The number of piperidine rings is 1. The van der Waals surface area contributed by atoms with Gasteiger partial charge in [-0.2, -0.15) is 0 Å². The molecule has 0 unspecified atom stereocenters. The minimum Gasteiger partial charge on any atom is -0.456 e. The molecule has 6 nitrogen and oxygen atoms in total. The molecule has 4 aromatic rings. The average molecular weight is 533 g/mol. The maximum atomic E-state index is 13.6. The van der Waals surface area contributed by atoms with E-state index in [4.69, 9.17) is 9.15 Å². The van der Waals surface area contributed by atoms with Gasteiger partial charge in [0.25, 0.3) is 5.91 Å². The number of para-hydroxylation sites is 1. The van der Waals surface area contributed by atoms with Gasteiger partial charge in [0.05, 0.1) is 18.1 Å². The molecule has 7 heteroatoms. The smallest absolute Gasteiger partial charge is 0.254 e. The minimum atomic E-state index is -0.356. The van der Waals surface area contributed by atoms with Crippen LogP contribution in [-0.4, -0.2) is 42.0 Å². The highest BCUT2D eigenvalue weighted by atomic mass is 79.9. The van der Waals surface area contributed by atoms with E-state index in [1.165, 1.54) is 0 Å². The van der Waals surface area contributed by atoms with E-state index in [2.05, 4.69) is 21.2 Å². The highest BCUT2D eigenvalue weighted by molar-refractivity contribution is 9.10. The van der Waals surface area contributed by atoms with E-state index < -0.39 is 0 Å². The van der Waals surface area contributed by atoms with Crippen LogP contribution in [0, 0.1) is 12.8 Å². The van der Waals surface area contributed by atoms with Crippen molar-refractivity contribution in [2.75, 3.05) is 18.5 Å². The van der Waals surface area contributed by atoms with Gasteiger partial charge >= 0.3 is 0 Å². The topological polar surface area (TPSA) is 71.8 Å². The van der Waals surface area contributed by atoms with Gasteiger partial charge in [0.15, 0.2) is 0 Å². The van der Waals surface area contributed by atoms with E-state index in [9.17, 15) is 9.59 Å². The number of amides is 2. The monoisotopic (exact) mass is 532 g/mol. The number of hydrogen-bond donors (Lipinski definition) is 1. The van der Waals surface area contributed by atoms with Crippen LogP contribution in [0.1, 0.15) is 28.8 Å². The molecule has 0 aliphatic carbocycles. The fourth-order valence-electron chi connectivity index (χ4n) is 5.44. The highest BCUT2D eigenvalue weighted by Gasteiger charge is 2.44. The zero-order valence-electron chi connectivity index (χ0n) is 19.3. The Kier molecular flexibility index (Phi) is 5.61. The third-order valence-corrected chi connectivity index (χ3v) is 7.70. The van der Waals surface area contributed by atoms with Crippen LogP contribution in [0.5, 0.6) is 0 Å². The molecular weight excluding hydrogens is 508 g/mol. The van der Waals surface area contributed by atoms with Crippen molar-refractivity contribution in [1.29, 1.82) is 0 Å². The Morgan fingerprint density at radius 1 is 1.03 bits per heavy atom. The number of likely N-dealkylation sites (tertiary alicyclic amines) is 1. The molecule has 0 radical (unpaired) electrons. The lowest BCUT2D eigenvalue weighted by molar-refractivity contribution is -0.123. The molecule has 1 N–H and O–H groups in total. The number of ether oxygens (including phenoxy) is 1. The van der Waals surface area contributed by atoms with Gasteiger partial charge < -0.3 is 19.4 Å². The number of hydrogen-bond acceptors (Lipinski definition) is 4. The van der Waals surface area contributed by atoms with Crippen LogP contribution in [0.3, 0.4) is 0 Å². The minimum absolute atomic E-state index is 0.00300. The molecule has 35 heavy (non-hydrogen) atoms. The number of fused-ring (bicyclic) bond motifs is 4. The first kappa shape index (κ1) is 22.3. The number of carbonyl (C=O) groups excluding carboxylic acids is 2. The van der Waals surface area contributed by atoms with Gasteiger partial charge in [-0.15, -0.1) is 0 Å². The van der Waals surface area contributed by atoms with Gasteiger partial charge in [0, 0.05) is 39.6 Å². The van der Waals surface area contributed by atoms with Crippen LogP contribution >= 0.6 is 15.9 Å². The molecule has 3 heterocycles. The summed E-state index contributed by atoms with van der Waals surface area (Å²) in [6.45, 7) is 2.92. The molecule has 3 aromatic carbocycles. The zero-order chi connectivity index (χ0) is 24.1. The molecule has 2 aliphatic rings. The summed E-state index contributed by atoms with van der Waals surface area (Å²) >= 11 is 3.47. The Labute approximate surface area is 211 Å². The number of benzene rings is 3. The second-order valence-electron chi connectivity index (χ2n) is 9.41. The number of halogens is 1. The SMILES string of the molecule is Cc1cc(Br)ccc1C(=O)N1C[C@@H](C(=O)Nc2ccc3oc4ccccc4c3c2)C[C@H]2OCC[C@H]21. The molecule has 1 aromatic heterocycles. The molecule has 0 bridgehead atoms. The largest absolute Gasteiger partial charge is 0.456 e. The molecule has 3 atom stereocenters. The van der Waals surface area contributed by atoms with Gasteiger partial charge in [0.2, 0.25) is 5.91 Å². The van der Waals surface area contributed by atoms with Crippen molar-refractivity contribution in [3.63, 3.8) is 0 Å². The number of nitrogens with one attached hydrogen (secondary N) is 1. The lowest BCUT2D eigenvalue weighted by atomic mass is 9.88. The molecular formula is C28H25BrN2O4. The Morgan fingerprint density at radius 2 is 1.86 bits per heavy atom. The normalized spacial score (nSPS) is 21.9. The summed E-state index contributed by atoms with van der Waals surface area (Å²) < 4.78 is 12.8. The summed E-state index contributed by atoms with van der Waals surface area (Å²) in [5.74, 6) is -0.499. The van der Waals surface area contributed by atoms with Crippen molar-refractivity contribution in [2.24, 2.45) is 5.92 Å². The van der Waals surface area contributed by atoms with E-state index in [0.717, 1.165) is 38.4 Å². The molecule has 2 fully saturated rings. The van der Waals surface area contributed by atoms with Crippen LogP contribution in [-0.2, 0) is 9.53 Å². The molecule has 6 rings (SSSR count). The summed E-state index contributed by atoms with van der Waals surface area (Å²) in [7, 11) is 0. The quantitative estimate of drug-likeness (QED) is 0.355. The number of furan rings is 1. The van der Waals surface area contributed by atoms with E-state index in [-0.39, 0.29) is 29.9 Å².